The lowest BCUT2D eigenvalue weighted by atomic mass is 10.1. The molecule has 2 fully saturated rings. The number of rotatable bonds is 8. The summed E-state index contributed by atoms with van der Waals surface area (Å²) in [6.45, 7) is 20.9. The van der Waals surface area contributed by atoms with Crippen molar-refractivity contribution in [3.05, 3.63) is 11.8 Å². The van der Waals surface area contributed by atoms with Crippen molar-refractivity contribution in [2.24, 2.45) is 0 Å². The Morgan fingerprint density at radius 2 is 1.25 bits per heavy atom. The summed E-state index contributed by atoms with van der Waals surface area (Å²) in [5.74, 6) is 0. The van der Waals surface area contributed by atoms with Gasteiger partial charge < -0.3 is 9.80 Å². The summed E-state index contributed by atoms with van der Waals surface area (Å²) in [6, 6.07) is 0. The predicted octanol–water partition coefficient (Wildman–Crippen LogP) is 5.27. The van der Waals surface area contributed by atoms with E-state index in [2.05, 4.69) is 46.6 Å². The highest BCUT2D eigenvalue weighted by Gasteiger charge is 2.17. The quantitative estimate of drug-likeness (QED) is 0.550. The lowest BCUT2D eigenvalue weighted by Crippen LogP contribution is -2.48. The molecule has 0 spiro atoms. The first-order valence-electron chi connectivity index (χ1n) is 10.7. The fourth-order valence-corrected chi connectivity index (χ4v) is 3.59. The van der Waals surface area contributed by atoms with Crippen LogP contribution in [0.1, 0.15) is 75.7 Å². The highest BCUT2D eigenvalue weighted by molar-refractivity contribution is 4.98. The molecule has 0 aromatic carbocycles. The van der Waals surface area contributed by atoms with Crippen LogP contribution in [-0.2, 0) is 0 Å². The Bertz CT molecular complexity index is 343. The third kappa shape index (κ3) is 12.8. The van der Waals surface area contributed by atoms with Gasteiger partial charge in [-0.1, -0.05) is 55.5 Å². The second-order valence-electron chi connectivity index (χ2n) is 7.31. The molecule has 2 saturated heterocycles. The molecule has 4 nitrogen and oxygen atoms in total. The van der Waals surface area contributed by atoms with Gasteiger partial charge in [-0.25, -0.2) is 0 Å². The number of allylic oxidation sites excluding steroid dienone is 1. The average Bonchev–Trinajstić information content (AvgIpc) is 2.68. The molecular formula is C24H56N4. The van der Waals surface area contributed by atoms with Crippen LogP contribution in [0.5, 0.6) is 0 Å². The van der Waals surface area contributed by atoms with Gasteiger partial charge in [-0.3, -0.25) is 9.80 Å². The van der Waals surface area contributed by atoms with E-state index in [9.17, 15) is 0 Å². The van der Waals surface area contributed by atoms with Crippen LogP contribution in [0.3, 0.4) is 0 Å². The summed E-state index contributed by atoms with van der Waals surface area (Å²) in [7, 11) is 2.20. The minimum absolute atomic E-state index is 0. The lowest BCUT2D eigenvalue weighted by Gasteiger charge is -2.36. The van der Waals surface area contributed by atoms with Gasteiger partial charge in [0.1, 0.15) is 0 Å². The van der Waals surface area contributed by atoms with Gasteiger partial charge in [0, 0.05) is 65.1 Å². The molecule has 0 atom stereocenters. The molecule has 2 rings (SSSR count). The van der Waals surface area contributed by atoms with Gasteiger partial charge in [-0.2, -0.15) is 0 Å². The minimum atomic E-state index is 0. The first kappa shape index (κ1) is 32.1. The van der Waals surface area contributed by atoms with E-state index in [0.717, 1.165) is 13.1 Å². The summed E-state index contributed by atoms with van der Waals surface area (Å²) < 4.78 is 0. The zero-order valence-electron chi connectivity index (χ0n) is 17.8. The van der Waals surface area contributed by atoms with Crippen LogP contribution in [0, 0.1) is 0 Å². The van der Waals surface area contributed by atoms with Gasteiger partial charge >= 0.3 is 0 Å². The Labute approximate surface area is 179 Å². The number of piperazine rings is 1. The average molecular weight is 401 g/mol. The van der Waals surface area contributed by atoms with Crippen molar-refractivity contribution in [1.29, 1.82) is 0 Å². The highest BCUT2D eigenvalue weighted by atomic mass is 15.3. The summed E-state index contributed by atoms with van der Waals surface area (Å²) in [5.41, 5.74) is 1.42. The van der Waals surface area contributed by atoms with Gasteiger partial charge in [-0.15, -0.1) is 0 Å². The second-order valence-corrected chi connectivity index (χ2v) is 7.31. The standard InChI is InChI=1S/C19H38N4.C2H6.3CH4/c1-4-9-20(3)19(2)8-12-22-14-17-23(18-15-22)16-13-21-10-6-5-7-11-21;1-2;;;/h8H,4-7,9-18H2,1-3H3;1-2H3;3*1H4/b19-8-;;;;. The molecule has 28 heavy (non-hydrogen) atoms. The smallest absolute Gasteiger partial charge is 0.0184 e. The van der Waals surface area contributed by atoms with Gasteiger partial charge in [0.25, 0.3) is 0 Å². The number of hydrogen-bond acceptors (Lipinski definition) is 4. The van der Waals surface area contributed by atoms with Gasteiger partial charge in [0.05, 0.1) is 0 Å². The maximum atomic E-state index is 2.66. The molecule has 0 unspecified atom stereocenters. The molecule has 0 aromatic rings. The topological polar surface area (TPSA) is 13.0 Å². The van der Waals surface area contributed by atoms with Crippen LogP contribution in [0.15, 0.2) is 11.8 Å². The summed E-state index contributed by atoms with van der Waals surface area (Å²) >= 11 is 0. The Morgan fingerprint density at radius 3 is 1.75 bits per heavy atom. The Morgan fingerprint density at radius 1 is 0.786 bits per heavy atom. The molecule has 2 aliphatic rings. The van der Waals surface area contributed by atoms with Crippen LogP contribution in [-0.4, -0.2) is 92.1 Å². The van der Waals surface area contributed by atoms with Crippen molar-refractivity contribution in [3.8, 4) is 0 Å². The highest BCUT2D eigenvalue weighted by Crippen LogP contribution is 2.09. The van der Waals surface area contributed by atoms with Gasteiger partial charge in [-0.05, 0) is 39.3 Å². The number of nitrogens with zero attached hydrogens (tertiary/aromatic N) is 4. The first-order valence-corrected chi connectivity index (χ1v) is 10.7. The third-order valence-electron chi connectivity index (χ3n) is 5.45. The van der Waals surface area contributed by atoms with E-state index in [1.54, 1.807) is 0 Å². The van der Waals surface area contributed by atoms with Gasteiger partial charge in [0.2, 0.25) is 0 Å². The van der Waals surface area contributed by atoms with Crippen LogP contribution >= 0.6 is 0 Å². The van der Waals surface area contributed by atoms with Crippen molar-refractivity contribution >= 4 is 0 Å². The molecule has 0 amide bonds. The van der Waals surface area contributed by atoms with Crippen molar-refractivity contribution in [2.45, 2.75) is 75.7 Å². The van der Waals surface area contributed by atoms with E-state index in [1.165, 1.54) is 83.7 Å². The summed E-state index contributed by atoms with van der Waals surface area (Å²) in [4.78, 5) is 10.3. The summed E-state index contributed by atoms with van der Waals surface area (Å²) in [5, 5.41) is 0. The van der Waals surface area contributed by atoms with Crippen LogP contribution < -0.4 is 0 Å². The molecule has 0 bridgehead atoms. The first-order chi connectivity index (χ1) is 12.2. The largest absolute Gasteiger partial charge is 0.378 e. The SMILES string of the molecule is C.C.C.CC.CCCN(C)/C(C)=C\CN1CCN(CCN2CCCCC2)CC1. The van der Waals surface area contributed by atoms with E-state index in [-0.39, 0.29) is 22.3 Å². The van der Waals surface area contributed by atoms with Crippen molar-refractivity contribution in [1.82, 2.24) is 19.6 Å². The van der Waals surface area contributed by atoms with E-state index in [0.29, 0.717) is 0 Å². The minimum Gasteiger partial charge on any atom is -0.378 e. The zero-order valence-corrected chi connectivity index (χ0v) is 17.8. The maximum Gasteiger partial charge on any atom is 0.0184 e. The van der Waals surface area contributed by atoms with E-state index in [4.69, 9.17) is 0 Å². The van der Waals surface area contributed by atoms with E-state index >= 15 is 0 Å². The molecule has 0 aromatic heterocycles. The predicted molar refractivity (Wildman–Crippen MR) is 131 cm³/mol. The Kier molecular flexibility index (Phi) is 22.6. The van der Waals surface area contributed by atoms with Crippen LogP contribution in [0.4, 0.5) is 0 Å². The third-order valence-corrected chi connectivity index (χ3v) is 5.45. The normalized spacial score (nSPS) is 18.7. The maximum absolute atomic E-state index is 2.66. The number of hydrogen-bond donors (Lipinski definition) is 0. The van der Waals surface area contributed by atoms with E-state index < -0.39 is 0 Å². The second kappa shape index (κ2) is 19.7. The molecule has 0 saturated carbocycles. The van der Waals surface area contributed by atoms with Gasteiger partial charge in [0.15, 0.2) is 0 Å². The fourth-order valence-electron chi connectivity index (χ4n) is 3.59. The molecule has 4 heteroatoms. The van der Waals surface area contributed by atoms with Crippen molar-refractivity contribution < 1.29 is 0 Å². The zero-order chi connectivity index (χ0) is 18.5. The Balaban J connectivity index is -0.00000121. The number of likely N-dealkylation sites (tertiary alicyclic amines) is 1. The van der Waals surface area contributed by atoms with Crippen LogP contribution in [0.25, 0.3) is 0 Å². The van der Waals surface area contributed by atoms with E-state index in [1.807, 2.05) is 13.8 Å². The Hall–Kier alpha value is -0.580. The fraction of sp³-hybridized carbons (Fsp3) is 0.917. The molecule has 2 heterocycles. The van der Waals surface area contributed by atoms with Crippen LogP contribution in [0.2, 0.25) is 0 Å². The molecule has 172 valence electrons. The molecule has 0 radical (unpaired) electrons. The summed E-state index contributed by atoms with van der Waals surface area (Å²) in [6.07, 6.45) is 7.88. The lowest BCUT2D eigenvalue weighted by molar-refractivity contribution is 0.120. The molecule has 0 aliphatic carbocycles. The molecule has 0 N–H and O–H groups in total. The monoisotopic (exact) mass is 400 g/mol. The molecular weight excluding hydrogens is 344 g/mol. The number of piperidine rings is 1. The van der Waals surface area contributed by atoms with Crippen molar-refractivity contribution in [3.63, 3.8) is 0 Å². The van der Waals surface area contributed by atoms with Crippen molar-refractivity contribution in [2.75, 3.05) is 72.5 Å². The molecule has 2 aliphatic heterocycles.